The minimum absolute atomic E-state index is 0.0214. The molecule has 158 valence electrons. The van der Waals surface area contributed by atoms with Crippen LogP contribution in [0.4, 0.5) is 0 Å². The summed E-state index contributed by atoms with van der Waals surface area (Å²) in [6.45, 7) is 3.59. The first-order valence-corrected chi connectivity index (χ1v) is 10.7. The van der Waals surface area contributed by atoms with Crippen LogP contribution in [0, 0.1) is 11.8 Å². The second kappa shape index (κ2) is 8.71. The highest BCUT2D eigenvalue weighted by molar-refractivity contribution is 5.92. The van der Waals surface area contributed by atoms with Crippen molar-refractivity contribution < 1.29 is 19.4 Å². The largest absolute Gasteiger partial charge is 0.494 e. The number of aliphatic hydroxyl groups excluding tert-OH is 1. The third-order valence-corrected chi connectivity index (χ3v) is 6.79. The number of hydrogen-bond donors (Lipinski definition) is 2. The van der Waals surface area contributed by atoms with Crippen LogP contribution < -0.4 is 10.5 Å². The summed E-state index contributed by atoms with van der Waals surface area (Å²) in [7, 11) is 0. The van der Waals surface area contributed by atoms with Crippen LogP contribution in [0.15, 0.2) is 24.3 Å². The summed E-state index contributed by atoms with van der Waals surface area (Å²) < 4.78 is 5.80. The minimum Gasteiger partial charge on any atom is -0.494 e. The van der Waals surface area contributed by atoms with Gasteiger partial charge < -0.3 is 25.4 Å². The molecule has 1 aromatic rings. The number of amides is 2. The molecule has 2 bridgehead atoms. The molecule has 3 aliphatic heterocycles. The molecule has 0 aromatic heterocycles. The van der Waals surface area contributed by atoms with Crippen LogP contribution in [0.1, 0.15) is 42.5 Å². The number of ether oxygens (including phenoxy) is 1. The normalized spacial score (nSPS) is 29.4. The molecule has 7 heteroatoms. The molecule has 2 amide bonds. The van der Waals surface area contributed by atoms with Gasteiger partial charge in [-0.2, -0.15) is 0 Å². The van der Waals surface area contributed by atoms with Crippen LogP contribution in [-0.2, 0) is 4.79 Å². The lowest BCUT2D eigenvalue weighted by molar-refractivity contribution is -0.155. The zero-order chi connectivity index (χ0) is 20.4. The van der Waals surface area contributed by atoms with E-state index in [9.17, 15) is 14.7 Å². The van der Waals surface area contributed by atoms with Crippen molar-refractivity contribution in [2.24, 2.45) is 17.6 Å². The summed E-state index contributed by atoms with van der Waals surface area (Å²) in [6.07, 6.45) is 4.71. The van der Waals surface area contributed by atoms with Gasteiger partial charge in [0.05, 0.1) is 19.3 Å². The van der Waals surface area contributed by atoms with E-state index in [1.165, 1.54) is 0 Å². The molecular formula is C22H31N3O4. The van der Waals surface area contributed by atoms with Crippen molar-refractivity contribution in [1.29, 1.82) is 0 Å². The fraction of sp³-hybridized carbons (Fsp3) is 0.636. The van der Waals surface area contributed by atoms with Crippen molar-refractivity contribution >= 4 is 11.8 Å². The summed E-state index contributed by atoms with van der Waals surface area (Å²) in [5.41, 5.74) is 5.73. The van der Waals surface area contributed by atoms with E-state index in [-0.39, 0.29) is 18.6 Å². The van der Waals surface area contributed by atoms with Crippen molar-refractivity contribution in [3.8, 4) is 5.75 Å². The minimum atomic E-state index is -0.438. The van der Waals surface area contributed by atoms with Gasteiger partial charge in [-0.1, -0.05) is 0 Å². The number of nitrogens with zero attached hydrogens (tertiary/aromatic N) is 2. The Morgan fingerprint density at radius 2 is 1.97 bits per heavy atom. The maximum atomic E-state index is 12.5. The summed E-state index contributed by atoms with van der Waals surface area (Å²) in [4.78, 5) is 28.1. The second-order valence-electron chi connectivity index (χ2n) is 8.62. The fourth-order valence-electron chi connectivity index (χ4n) is 5.48. The average Bonchev–Trinajstić information content (AvgIpc) is 2.72. The van der Waals surface area contributed by atoms with Crippen molar-refractivity contribution in [1.82, 2.24) is 9.80 Å². The smallest absolute Gasteiger partial charge is 0.248 e. The Hall–Kier alpha value is -2.12. The molecule has 3 aliphatic rings. The van der Waals surface area contributed by atoms with Gasteiger partial charge in [0.25, 0.3) is 0 Å². The zero-order valence-corrected chi connectivity index (χ0v) is 16.8. The first-order chi connectivity index (χ1) is 14.1. The number of rotatable bonds is 7. The van der Waals surface area contributed by atoms with E-state index in [1.807, 2.05) is 4.90 Å². The predicted octanol–water partition coefficient (Wildman–Crippen LogP) is 1.25. The lowest BCUT2D eigenvalue weighted by atomic mass is 9.72. The molecule has 4 atom stereocenters. The Bertz CT molecular complexity index is 724. The molecule has 3 heterocycles. The average molecular weight is 402 g/mol. The molecule has 7 nitrogen and oxygen atoms in total. The number of primary amides is 1. The van der Waals surface area contributed by atoms with E-state index in [0.29, 0.717) is 36.5 Å². The SMILES string of the molecule is NC(=O)c1ccc(OCCCN2C[C@H]3C[C@@H](C2)[C@H](CO)N2C(=O)CCC[C@@H]32)cc1. The van der Waals surface area contributed by atoms with E-state index < -0.39 is 5.91 Å². The molecule has 0 unspecified atom stereocenters. The monoisotopic (exact) mass is 401 g/mol. The lowest BCUT2D eigenvalue weighted by Gasteiger charge is -2.56. The Kier molecular flexibility index (Phi) is 6.06. The van der Waals surface area contributed by atoms with Crippen LogP contribution in [0.5, 0.6) is 5.75 Å². The van der Waals surface area contributed by atoms with E-state index in [0.717, 1.165) is 51.1 Å². The topological polar surface area (TPSA) is 96.1 Å². The van der Waals surface area contributed by atoms with Gasteiger partial charge in [-0.25, -0.2) is 0 Å². The molecule has 29 heavy (non-hydrogen) atoms. The summed E-state index contributed by atoms with van der Waals surface area (Å²) in [5, 5.41) is 9.98. The van der Waals surface area contributed by atoms with Gasteiger partial charge in [0.1, 0.15) is 5.75 Å². The van der Waals surface area contributed by atoms with Gasteiger partial charge in [0, 0.05) is 37.7 Å². The van der Waals surface area contributed by atoms with E-state index in [1.54, 1.807) is 24.3 Å². The van der Waals surface area contributed by atoms with Crippen LogP contribution in [0.3, 0.4) is 0 Å². The lowest BCUT2D eigenvalue weighted by Crippen LogP contribution is -2.66. The number of likely N-dealkylation sites (tertiary alicyclic amines) is 1. The van der Waals surface area contributed by atoms with Gasteiger partial charge in [-0.3, -0.25) is 9.59 Å². The van der Waals surface area contributed by atoms with Gasteiger partial charge in [-0.05, 0) is 61.8 Å². The first-order valence-electron chi connectivity index (χ1n) is 10.7. The van der Waals surface area contributed by atoms with Crippen molar-refractivity contribution in [2.75, 3.05) is 32.8 Å². The summed E-state index contributed by atoms with van der Waals surface area (Å²) >= 11 is 0. The van der Waals surface area contributed by atoms with Crippen LogP contribution >= 0.6 is 0 Å². The number of fused-ring (bicyclic) bond motifs is 4. The summed E-state index contributed by atoms with van der Waals surface area (Å²) in [6, 6.07) is 7.17. The molecule has 1 aromatic carbocycles. The van der Waals surface area contributed by atoms with Crippen molar-refractivity contribution in [2.45, 2.75) is 44.2 Å². The second-order valence-corrected chi connectivity index (χ2v) is 8.62. The quantitative estimate of drug-likeness (QED) is 0.671. The number of aliphatic hydroxyl groups is 1. The highest BCUT2D eigenvalue weighted by Crippen LogP contribution is 2.41. The molecule has 4 rings (SSSR count). The van der Waals surface area contributed by atoms with Crippen LogP contribution in [-0.4, -0.2) is 71.7 Å². The molecule has 0 saturated carbocycles. The zero-order valence-electron chi connectivity index (χ0n) is 16.8. The van der Waals surface area contributed by atoms with Gasteiger partial charge in [-0.15, -0.1) is 0 Å². The Morgan fingerprint density at radius 1 is 1.21 bits per heavy atom. The third-order valence-electron chi connectivity index (χ3n) is 6.79. The number of nitrogens with two attached hydrogens (primary N) is 1. The molecular weight excluding hydrogens is 370 g/mol. The molecule has 3 saturated heterocycles. The third kappa shape index (κ3) is 4.26. The Morgan fingerprint density at radius 3 is 2.69 bits per heavy atom. The van der Waals surface area contributed by atoms with Crippen molar-refractivity contribution in [3.63, 3.8) is 0 Å². The van der Waals surface area contributed by atoms with E-state index in [2.05, 4.69) is 4.90 Å². The standard InChI is InChI=1S/C22H31N3O4/c23-22(28)15-5-7-18(8-6-15)29-10-2-9-24-12-16-11-17(13-24)20(14-26)25-19(16)3-1-4-21(25)27/h5-8,16-17,19-20,26H,1-4,9-14H2,(H2,23,28)/t16-,17+,19+,20+/m1/s1. The van der Waals surface area contributed by atoms with E-state index in [4.69, 9.17) is 10.5 Å². The Balaban J connectivity index is 1.29. The summed E-state index contributed by atoms with van der Waals surface area (Å²) in [5.74, 6) is 1.41. The van der Waals surface area contributed by atoms with Crippen molar-refractivity contribution in [3.05, 3.63) is 29.8 Å². The fourth-order valence-corrected chi connectivity index (χ4v) is 5.48. The maximum absolute atomic E-state index is 12.5. The highest BCUT2D eigenvalue weighted by atomic mass is 16.5. The highest BCUT2D eigenvalue weighted by Gasteiger charge is 2.48. The number of piperidine rings is 3. The number of carbonyl (C=O) groups excluding carboxylic acids is 2. The van der Waals surface area contributed by atoms with Crippen LogP contribution in [0.25, 0.3) is 0 Å². The van der Waals surface area contributed by atoms with Gasteiger partial charge in [0.15, 0.2) is 0 Å². The molecule has 0 spiro atoms. The van der Waals surface area contributed by atoms with Crippen LogP contribution in [0.2, 0.25) is 0 Å². The van der Waals surface area contributed by atoms with Gasteiger partial charge in [0.2, 0.25) is 11.8 Å². The number of carbonyl (C=O) groups is 2. The number of hydrogen-bond acceptors (Lipinski definition) is 5. The molecule has 0 aliphatic carbocycles. The van der Waals surface area contributed by atoms with Gasteiger partial charge >= 0.3 is 0 Å². The molecule has 0 radical (unpaired) electrons. The maximum Gasteiger partial charge on any atom is 0.248 e. The first kappa shape index (κ1) is 20.2. The van der Waals surface area contributed by atoms with E-state index >= 15 is 0 Å². The predicted molar refractivity (Wildman–Crippen MR) is 108 cm³/mol. The number of benzene rings is 1. The molecule has 3 fully saturated rings. The Labute approximate surface area is 171 Å². The molecule has 3 N–H and O–H groups in total.